The van der Waals surface area contributed by atoms with Crippen molar-refractivity contribution in [1.29, 1.82) is 0 Å². The Morgan fingerprint density at radius 1 is 1.00 bits per heavy atom. The Bertz CT molecular complexity index is 674. The molecule has 2 saturated carbocycles. The van der Waals surface area contributed by atoms with E-state index in [0.717, 1.165) is 0 Å². The number of aromatic hydroxyl groups is 1. The van der Waals surface area contributed by atoms with Crippen LogP contribution in [0.2, 0.25) is 0 Å². The van der Waals surface area contributed by atoms with Gasteiger partial charge in [-0.05, 0) is 42.2 Å². The normalized spacial score (nSPS) is 42.2. The molecular weight excluding hydrogens is 266 g/mol. The second kappa shape index (κ2) is 3.56. The summed E-state index contributed by atoms with van der Waals surface area (Å²) >= 11 is 0. The van der Waals surface area contributed by atoms with Crippen molar-refractivity contribution in [3.63, 3.8) is 0 Å². The molecule has 1 aromatic carbocycles. The zero-order valence-electron chi connectivity index (χ0n) is 11.3. The zero-order chi connectivity index (χ0) is 14.3. The van der Waals surface area contributed by atoms with E-state index in [0.29, 0.717) is 17.5 Å². The van der Waals surface area contributed by atoms with Crippen molar-refractivity contribution in [2.24, 2.45) is 35.5 Å². The van der Waals surface area contributed by atoms with Crippen LogP contribution in [-0.4, -0.2) is 16.9 Å². The van der Waals surface area contributed by atoms with E-state index in [2.05, 4.69) is 12.2 Å². The number of allylic oxidation sites excluding steroid dienone is 2. The first-order valence-electron chi connectivity index (χ1n) is 7.52. The molecule has 4 nitrogen and oxygen atoms in total. The van der Waals surface area contributed by atoms with Crippen molar-refractivity contribution < 1.29 is 14.7 Å². The minimum atomic E-state index is -0.182. The first-order chi connectivity index (χ1) is 10.2. The van der Waals surface area contributed by atoms with Crippen molar-refractivity contribution in [3.8, 4) is 5.75 Å². The molecular formula is C17H15NO3. The maximum atomic E-state index is 12.8. The number of imide groups is 1. The lowest BCUT2D eigenvalue weighted by molar-refractivity contribution is -0.124. The van der Waals surface area contributed by atoms with Crippen LogP contribution in [0, 0.1) is 35.5 Å². The monoisotopic (exact) mass is 281 g/mol. The van der Waals surface area contributed by atoms with E-state index in [-0.39, 0.29) is 41.2 Å². The maximum Gasteiger partial charge on any atom is 0.238 e. The van der Waals surface area contributed by atoms with Gasteiger partial charge in [0.15, 0.2) is 0 Å². The second-order valence-corrected chi connectivity index (χ2v) is 6.69. The second-order valence-electron chi connectivity index (χ2n) is 6.69. The average Bonchev–Trinajstić information content (AvgIpc) is 3.24. The number of amides is 2. The van der Waals surface area contributed by atoms with Gasteiger partial charge in [-0.3, -0.25) is 9.59 Å². The van der Waals surface area contributed by atoms with E-state index in [1.807, 2.05) is 0 Å². The number of phenolic OH excluding ortho intramolecular Hbond substituents is 1. The van der Waals surface area contributed by atoms with Gasteiger partial charge in [-0.1, -0.05) is 18.2 Å². The fraction of sp³-hybridized carbons (Fsp3) is 0.412. The number of anilines is 1. The topological polar surface area (TPSA) is 57.6 Å². The summed E-state index contributed by atoms with van der Waals surface area (Å²) in [6.07, 6.45) is 5.50. The van der Waals surface area contributed by atoms with Crippen molar-refractivity contribution in [2.45, 2.75) is 6.42 Å². The van der Waals surface area contributed by atoms with Crippen molar-refractivity contribution in [3.05, 3.63) is 36.4 Å². The molecule has 0 radical (unpaired) electrons. The third-order valence-electron chi connectivity index (χ3n) is 5.75. The minimum absolute atomic E-state index is 0.0758. The molecule has 1 heterocycles. The van der Waals surface area contributed by atoms with Gasteiger partial charge in [0.05, 0.1) is 17.5 Å². The Labute approximate surface area is 122 Å². The minimum Gasteiger partial charge on any atom is -0.508 e. The van der Waals surface area contributed by atoms with E-state index in [9.17, 15) is 14.7 Å². The molecule has 4 heteroatoms. The molecule has 6 atom stereocenters. The highest BCUT2D eigenvalue weighted by molar-refractivity contribution is 6.22. The first-order valence-corrected chi connectivity index (χ1v) is 7.52. The molecule has 2 bridgehead atoms. The summed E-state index contributed by atoms with van der Waals surface area (Å²) in [5, 5.41) is 9.61. The largest absolute Gasteiger partial charge is 0.508 e. The maximum absolute atomic E-state index is 12.8. The molecule has 1 aromatic rings. The number of rotatable bonds is 1. The molecule has 0 aromatic heterocycles. The summed E-state index contributed by atoms with van der Waals surface area (Å²) in [5.74, 6) is 1.25. The SMILES string of the molecule is O=C1[C@@H]2[C@@H]3C=C[C@H]([C@H]4C[C@@H]34)[C@@H]2C(=O)N1c1cccc(O)c1. The van der Waals surface area contributed by atoms with Crippen LogP contribution < -0.4 is 4.90 Å². The molecule has 0 spiro atoms. The van der Waals surface area contributed by atoms with E-state index in [4.69, 9.17) is 0 Å². The van der Waals surface area contributed by atoms with Gasteiger partial charge in [-0.25, -0.2) is 4.90 Å². The molecule has 1 saturated heterocycles. The third kappa shape index (κ3) is 1.30. The van der Waals surface area contributed by atoms with Gasteiger partial charge in [-0.2, -0.15) is 0 Å². The van der Waals surface area contributed by atoms with Crippen LogP contribution in [0.15, 0.2) is 36.4 Å². The summed E-state index contributed by atoms with van der Waals surface area (Å²) in [4.78, 5) is 26.9. The van der Waals surface area contributed by atoms with Crippen molar-refractivity contribution >= 4 is 17.5 Å². The molecule has 6 rings (SSSR count). The van der Waals surface area contributed by atoms with Crippen LogP contribution in [0.5, 0.6) is 5.75 Å². The summed E-state index contributed by atoms with van der Waals surface area (Å²) in [7, 11) is 0. The van der Waals surface area contributed by atoms with Crippen LogP contribution in [0.25, 0.3) is 0 Å². The van der Waals surface area contributed by atoms with Gasteiger partial charge in [0.1, 0.15) is 5.75 Å². The Morgan fingerprint density at radius 3 is 2.19 bits per heavy atom. The first kappa shape index (κ1) is 11.5. The lowest BCUT2D eigenvalue weighted by atomic mass is 9.63. The summed E-state index contributed by atoms with van der Waals surface area (Å²) in [6, 6.07) is 6.41. The smallest absolute Gasteiger partial charge is 0.238 e. The van der Waals surface area contributed by atoms with Gasteiger partial charge < -0.3 is 5.11 Å². The summed E-state index contributed by atoms with van der Waals surface area (Å²) in [5.41, 5.74) is 0.493. The fourth-order valence-electron chi connectivity index (χ4n) is 4.84. The van der Waals surface area contributed by atoms with E-state index in [1.54, 1.807) is 18.2 Å². The number of carbonyl (C=O) groups excluding carboxylic acids is 2. The highest BCUT2D eigenvalue weighted by Gasteiger charge is 2.67. The standard InChI is InChI=1S/C17H15NO3/c19-9-3-1-2-8(6-9)18-16(20)14-10-4-5-11(13-7-12(10)13)15(14)17(18)21/h1-6,10-15,19H,7H2/t10-,11-,12-,13+,14+,15-/m1/s1. The van der Waals surface area contributed by atoms with Crippen LogP contribution in [0.4, 0.5) is 5.69 Å². The lowest BCUT2D eigenvalue weighted by Gasteiger charge is -2.37. The van der Waals surface area contributed by atoms with Gasteiger partial charge in [0.2, 0.25) is 11.8 Å². The van der Waals surface area contributed by atoms with Crippen molar-refractivity contribution in [1.82, 2.24) is 0 Å². The van der Waals surface area contributed by atoms with Gasteiger partial charge in [0.25, 0.3) is 0 Å². The Kier molecular flexibility index (Phi) is 1.96. The third-order valence-corrected chi connectivity index (χ3v) is 5.75. The predicted octanol–water partition coefficient (Wildman–Crippen LogP) is 1.95. The Hall–Kier alpha value is -2.10. The number of carbonyl (C=O) groups is 2. The molecule has 4 aliphatic carbocycles. The number of phenols is 1. The number of benzene rings is 1. The van der Waals surface area contributed by atoms with E-state index >= 15 is 0 Å². The lowest BCUT2D eigenvalue weighted by Crippen LogP contribution is -2.40. The highest BCUT2D eigenvalue weighted by Crippen LogP contribution is 2.65. The van der Waals surface area contributed by atoms with E-state index < -0.39 is 0 Å². The van der Waals surface area contributed by atoms with Gasteiger partial charge in [-0.15, -0.1) is 0 Å². The summed E-state index contributed by atoms with van der Waals surface area (Å²) < 4.78 is 0. The number of hydrogen-bond donors (Lipinski definition) is 1. The molecule has 1 N–H and O–H groups in total. The molecule has 106 valence electrons. The fourth-order valence-corrected chi connectivity index (χ4v) is 4.84. The highest BCUT2D eigenvalue weighted by atomic mass is 16.3. The molecule has 3 fully saturated rings. The number of nitrogens with zero attached hydrogens (tertiary/aromatic N) is 1. The van der Waals surface area contributed by atoms with Crippen LogP contribution >= 0.6 is 0 Å². The zero-order valence-corrected chi connectivity index (χ0v) is 11.3. The van der Waals surface area contributed by atoms with Crippen LogP contribution in [0.3, 0.4) is 0 Å². The van der Waals surface area contributed by atoms with Gasteiger partial charge >= 0.3 is 0 Å². The molecule has 5 aliphatic rings. The van der Waals surface area contributed by atoms with E-state index in [1.165, 1.54) is 17.4 Å². The predicted molar refractivity (Wildman–Crippen MR) is 75.3 cm³/mol. The van der Waals surface area contributed by atoms with Crippen LogP contribution in [0.1, 0.15) is 6.42 Å². The Morgan fingerprint density at radius 2 is 1.62 bits per heavy atom. The summed E-state index contributed by atoms with van der Waals surface area (Å²) in [6.45, 7) is 0. The van der Waals surface area contributed by atoms with Crippen LogP contribution in [-0.2, 0) is 9.59 Å². The quantitative estimate of drug-likeness (QED) is 0.632. The average molecular weight is 281 g/mol. The molecule has 1 aliphatic heterocycles. The van der Waals surface area contributed by atoms with Gasteiger partial charge in [0, 0.05) is 6.07 Å². The molecule has 0 unspecified atom stereocenters. The molecule has 21 heavy (non-hydrogen) atoms. The number of hydrogen-bond acceptors (Lipinski definition) is 3. The van der Waals surface area contributed by atoms with Crippen molar-refractivity contribution in [2.75, 3.05) is 4.90 Å². The molecule has 2 amide bonds. The Balaban J connectivity index is 1.60.